The van der Waals surface area contributed by atoms with Gasteiger partial charge in [0.1, 0.15) is 18.2 Å². The smallest absolute Gasteiger partial charge is 0.165 e. The zero-order valence-electron chi connectivity index (χ0n) is 13.1. The topological polar surface area (TPSA) is 56.1 Å². The predicted molar refractivity (Wildman–Crippen MR) is 81.0 cm³/mol. The van der Waals surface area contributed by atoms with Crippen LogP contribution in [0.5, 0.6) is 5.75 Å². The summed E-state index contributed by atoms with van der Waals surface area (Å²) in [4.78, 5) is 2.09. The lowest BCUT2D eigenvalue weighted by atomic mass is 10.3. The van der Waals surface area contributed by atoms with E-state index in [4.69, 9.17) is 4.74 Å². The Labute approximate surface area is 129 Å². The quantitative estimate of drug-likeness (QED) is 0.710. The van der Waals surface area contributed by atoms with E-state index in [2.05, 4.69) is 27.3 Å². The largest absolute Gasteiger partial charge is 0.492 e. The number of nitrogens with zero attached hydrogens (tertiary/aromatic N) is 5. The van der Waals surface area contributed by atoms with E-state index in [1.807, 2.05) is 11.7 Å². The molecule has 0 radical (unpaired) electrons. The highest BCUT2D eigenvalue weighted by atomic mass is 19.1. The van der Waals surface area contributed by atoms with E-state index >= 15 is 0 Å². The molecule has 1 heterocycles. The molecule has 0 N–H and O–H groups in total. The highest BCUT2D eigenvalue weighted by Crippen LogP contribution is 2.11. The van der Waals surface area contributed by atoms with Gasteiger partial charge in [-0.1, -0.05) is 13.3 Å². The van der Waals surface area contributed by atoms with Gasteiger partial charge >= 0.3 is 0 Å². The summed E-state index contributed by atoms with van der Waals surface area (Å²) in [6, 6.07) is 6.03. The van der Waals surface area contributed by atoms with Crippen molar-refractivity contribution in [3.05, 3.63) is 35.9 Å². The van der Waals surface area contributed by atoms with E-state index in [9.17, 15) is 4.39 Å². The molecule has 2 rings (SSSR count). The van der Waals surface area contributed by atoms with Crippen LogP contribution in [0, 0.1) is 5.82 Å². The van der Waals surface area contributed by atoms with Crippen LogP contribution in [0.1, 0.15) is 25.6 Å². The summed E-state index contributed by atoms with van der Waals surface area (Å²) in [7, 11) is 1.99. The fourth-order valence-corrected chi connectivity index (χ4v) is 1.99. The molecule has 0 fully saturated rings. The number of tetrazole rings is 1. The van der Waals surface area contributed by atoms with Gasteiger partial charge in [-0.2, -0.15) is 0 Å². The molecular weight excluding hydrogens is 285 g/mol. The van der Waals surface area contributed by atoms with Crippen molar-refractivity contribution in [2.45, 2.75) is 32.9 Å². The molecule has 1 aromatic carbocycles. The summed E-state index contributed by atoms with van der Waals surface area (Å²) in [5.74, 6) is 1.27. The van der Waals surface area contributed by atoms with Crippen LogP contribution in [0.2, 0.25) is 0 Å². The van der Waals surface area contributed by atoms with E-state index in [0.717, 1.165) is 31.8 Å². The molecule has 0 saturated carbocycles. The summed E-state index contributed by atoms with van der Waals surface area (Å²) in [5.41, 5.74) is 0. The van der Waals surface area contributed by atoms with Crippen molar-refractivity contribution in [2.75, 3.05) is 20.2 Å². The van der Waals surface area contributed by atoms with Crippen molar-refractivity contribution < 1.29 is 9.13 Å². The highest BCUT2D eigenvalue weighted by Gasteiger charge is 2.09. The number of unbranched alkanes of at least 4 members (excludes halogenated alkanes) is 1. The van der Waals surface area contributed by atoms with E-state index in [0.29, 0.717) is 18.9 Å². The molecule has 0 aliphatic carbocycles. The molecule has 0 atom stereocenters. The normalized spacial score (nSPS) is 11.1. The predicted octanol–water partition coefficient (Wildman–Crippen LogP) is 2.12. The minimum Gasteiger partial charge on any atom is -0.492 e. The molecule has 6 nitrogen and oxygen atoms in total. The Bertz CT molecular complexity index is 557. The Morgan fingerprint density at radius 3 is 2.77 bits per heavy atom. The third kappa shape index (κ3) is 5.07. The highest BCUT2D eigenvalue weighted by molar-refractivity contribution is 5.21. The average Bonchev–Trinajstić information content (AvgIpc) is 2.94. The summed E-state index contributed by atoms with van der Waals surface area (Å²) >= 11 is 0. The molecule has 7 heteroatoms. The number of aromatic nitrogens is 4. The molecule has 0 unspecified atom stereocenters. The van der Waals surface area contributed by atoms with Crippen LogP contribution >= 0.6 is 0 Å². The average molecular weight is 307 g/mol. The Kier molecular flexibility index (Phi) is 6.27. The molecule has 0 aliphatic heterocycles. The Hall–Kier alpha value is -2.02. The van der Waals surface area contributed by atoms with Crippen molar-refractivity contribution in [1.29, 1.82) is 0 Å². The number of ether oxygens (including phenoxy) is 1. The number of likely N-dealkylation sites (N-methyl/N-ethyl adjacent to an activating group) is 1. The third-order valence-corrected chi connectivity index (χ3v) is 3.30. The number of aryl methyl sites for hydroxylation is 1. The maximum absolute atomic E-state index is 12.8. The van der Waals surface area contributed by atoms with Crippen molar-refractivity contribution in [3.63, 3.8) is 0 Å². The number of hydrogen-bond donors (Lipinski definition) is 0. The number of halogens is 1. The van der Waals surface area contributed by atoms with Crippen molar-refractivity contribution >= 4 is 0 Å². The van der Waals surface area contributed by atoms with Crippen LogP contribution < -0.4 is 4.74 Å². The number of hydrogen-bond acceptors (Lipinski definition) is 5. The molecule has 0 amide bonds. The van der Waals surface area contributed by atoms with Crippen molar-refractivity contribution in [1.82, 2.24) is 25.1 Å². The van der Waals surface area contributed by atoms with Crippen LogP contribution in [0.4, 0.5) is 4.39 Å². The van der Waals surface area contributed by atoms with Gasteiger partial charge in [0.15, 0.2) is 5.82 Å². The van der Waals surface area contributed by atoms with Crippen molar-refractivity contribution in [2.24, 2.45) is 0 Å². The van der Waals surface area contributed by atoms with Crippen LogP contribution in [0.25, 0.3) is 0 Å². The zero-order valence-corrected chi connectivity index (χ0v) is 13.1. The summed E-state index contributed by atoms with van der Waals surface area (Å²) in [5, 5.41) is 11.8. The van der Waals surface area contributed by atoms with Gasteiger partial charge in [-0.3, -0.25) is 4.90 Å². The van der Waals surface area contributed by atoms with E-state index in [1.54, 1.807) is 12.1 Å². The van der Waals surface area contributed by atoms with Crippen LogP contribution in [-0.2, 0) is 13.1 Å². The zero-order chi connectivity index (χ0) is 15.8. The molecule has 2 aromatic rings. The molecule has 22 heavy (non-hydrogen) atoms. The molecule has 0 spiro atoms. The Morgan fingerprint density at radius 2 is 2.05 bits per heavy atom. The van der Waals surface area contributed by atoms with Gasteiger partial charge in [-0.05, 0) is 48.2 Å². The lowest BCUT2D eigenvalue weighted by molar-refractivity contribution is 0.227. The maximum atomic E-state index is 12.8. The molecule has 0 bridgehead atoms. The third-order valence-electron chi connectivity index (χ3n) is 3.30. The first-order valence-corrected chi connectivity index (χ1v) is 7.51. The monoisotopic (exact) mass is 307 g/mol. The van der Waals surface area contributed by atoms with Crippen LogP contribution in [0.15, 0.2) is 24.3 Å². The van der Waals surface area contributed by atoms with Crippen LogP contribution in [0.3, 0.4) is 0 Å². The van der Waals surface area contributed by atoms with E-state index < -0.39 is 0 Å². The first-order chi connectivity index (χ1) is 10.7. The minimum absolute atomic E-state index is 0.261. The van der Waals surface area contributed by atoms with Gasteiger partial charge in [0, 0.05) is 13.1 Å². The fraction of sp³-hybridized carbons (Fsp3) is 0.533. The van der Waals surface area contributed by atoms with Crippen molar-refractivity contribution in [3.8, 4) is 5.75 Å². The van der Waals surface area contributed by atoms with Gasteiger partial charge in [0.2, 0.25) is 0 Å². The lowest BCUT2D eigenvalue weighted by Crippen LogP contribution is -2.25. The van der Waals surface area contributed by atoms with E-state index in [-0.39, 0.29) is 5.82 Å². The van der Waals surface area contributed by atoms with Crippen LogP contribution in [-0.4, -0.2) is 45.3 Å². The van der Waals surface area contributed by atoms with Gasteiger partial charge in [0.25, 0.3) is 0 Å². The summed E-state index contributed by atoms with van der Waals surface area (Å²) in [6.07, 6.45) is 2.18. The first-order valence-electron chi connectivity index (χ1n) is 7.51. The van der Waals surface area contributed by atoms with Gasteiger partial charge in [0.05, 0.1) is 6.54 Å². The maximum Gasteiger partial charge on any atom is 0.165 e. The number of benzene rings is 1. The van der Waals surface area contributed by atoms with E-state index in [1.165, 1.54) is 12.1 Å². The molecule has 0 aliphatic rings. The number of rotatable bonds is 9. The second kappa shape index (κ2) is 8.43. The molecule has 1 aromatic heterocycles. The van der Waals surface area contributed by atoms with Gasteiger partial charge < -0.3 is 4.74 Å². The SMILES string of the molecule is CCCCn1nnnc1CN(C)CCOc1ccc(F)cc1. The first kappa shape index (κ1) is 16.4. The molecule has 0 saturated heterocycles. The Balaban J connectivity index is 1.74. The minimum atomic E-state index is -0.261. The summed E-state index contributed by atoms with van der Waals surface area (Å²) < 4.78 is 20.2. The van der Waals surface area contributed by atoms with Gasteiger partial charge in [-0.25, -0.2) is 9.07 Å². The standard InChI is InChI=1S/C15H22FN5O/c1-3-4-9-21-15(17-18-19-21)12-20(2)10-11-22-14-7-5-13(16)6-8-14/h5-8H,3-4,9-12H2,1-2H3. The molecular formula is C15H22FN5O. The van der Waals surface area contributed by atoms with Gasteiger partial charge in [-0.15, -0.1) is 5.10 Å². The summed E-state index contributed by atoms with van der Waals surface area (Å²) in [6.45, 7) is 4.92. The lowest BCUT2D eigenvalue weighted by Gasteiger charge is -2.16. The fourth-order valence-electron chi connectivity index (χ4n) is 1.99. The molecule has 120 valence electrons. The second-order valence-corrected chi connectivity index (χ2v) is 5.21. The Morgan fingerprint density at radius 1 is 1.27 bits per heavy atom. The second-order valence-electron chi connectivity index (χ2n) is 5.21.